The summed E-state index contributed by atoms with van der Waals surface area (Å²) in [4.78, 5) is 26.9. The monoisotopic (exact) mass is 386 g/mol. The molecule has 2 aromatic heterocycles. The minimum atomic E-state index is 0.160. The summed E-state index contributed by atoms with van der Waals surface area (Å²) in [6.45, 7) is 5.47. The summed E-state index contributed by atoms with van der Waals surface area (Å²) in [5.74, 6) is 1.91. The maximum absolute atomic E-state index is 12.6. The van der Waals surface area contributed by atoms with E-state index in [0.29, 0.717) is 10.7 Å². The van der Waals surface area contributed by atoms with Crippen molar-refractivity contribution in [1.29, 1.82) is 0 Å². The Morgan fingerprint density at radius 3 is 2.88 bits per heavy atom. The molecule has 0 bridgehead atoms. The molecule has 2 unspecified atom stereocenters. The maximum atomic E-state index is 12.6. The Bertz CT molecular complexity index is 832. The van der Waals surface area contributed by atoms with Crippen molar-refractivity contribution in [3.8, 4) is 0 Å². The topological polar surface area (TPSA) is 49.3 Å². The molecule has 0 N–H and O–H groups in total. The molecule has 136 valence electrons. The molecular formula is C19H22N4OS2. The number of hydrogen-bond acceptors (Lipinski definition) is 6. The quantitative estimate of drug-likeness (QED) is 0.751. The van der Waals surface area contributed by atoms with Gasteiger partial charge >= 0.3 is 0 Å². The van der Waals surface area contributed by atoms with Gasteiger partial charge in [0.2, 0.25) is 0 Å². The van der Waals surface area contributed by atoms with E-state index in [0.717, 1.165) is 36.9 Å². The van der Waals surface area contributed by atoms with E-state index in [1.54, 1.807) is 6.33 Å². The molecule has 3 aliphatic rings. The number of carbonyl (C=O) groups excluding carboxylic acids is 1. The average molecular weight is 387 g/mol. The van der Waals surface area contributed by atoms with Crippen LogP contribution >= 0.6 is 23.1 Å². The molecule has 7 heteroatoms. The molecule has 1 aliphatic carbocycles. The van der Waals surface area contributed by atoms with Gasteiger partial charge < -0.3 is 9.80 Å². The third-order valence-corrected chi connectivity index (χ3v) is 8.21. The molecule has 4 heterocycles. The fourth-order valence-corrected chi connectivity index (χ4v) is 6.73. The molecule has 0 spiro atoms. The van der Waals surface area contributed by atoms with E-state index < -0.39 is 0 Å². The number of hydrogen-bond donors (Lipinski definition) is 0. The van der Waals surface area contributed by atoms with Crippen molar-refractivity contribution in [2.45, 2.75) is 41.9 Å². The van der Waals surface area contributed by atoms with Crippen molar-refractivity contribution in [3.05, 3.63) is 34.3 Å². The molecule has 0 aromatic carbocycles. The van der Waals surface area contributed by atoms with Crippen LogP contribution in [0.1, 0.15) is 47.3 Å². The summed E-state index contributed by atoms with van der Waals surface area (Å²) in [6, 6.07) is 3.85. The SMILES string of the molecule is CCCC12CC1c1c(ncnc1N1CCN(C(=O)c3cccs3)CC1)S2. The van der Waals surface area contributed by atoms with Gasteiger partial charge in [0.15, 0.2) is 0 Å². The Morgan fingerprint density at radius 2 is 2.15 bits per heavy atom. The Morgan fingerprint density at radius 1 is 1.31 bits per heavy atom. The van der Waals surface area contributed by atoms with Crippen LogP contribution in [0.2, 0.25) is 0 Å². The number of fused-ring (bicyclic) bond motifs is 3. The summed E-state index contributed by atoms with van der Waals surface area (Å²) in [5.41, 5.74) is 1.38. The van der Waals surface area contributed by atoms with Crippen LogP contribution < -0.4 is 4.90 Å². The van der Waals surface area contributed by atoms with Gasteiger partial charge in [-0.2, -0.15) is 0 Å². The predicted octanol–water partition coefficient (Wildman–Crippen LogP) is 3.63. The van der Waals surface area contributed by atoms with Crippen molar-refractivity contribution < 1.29 is 4.79 Å². The maximum Gasteiger partial charge on any atom is 0.264 e. The minimum absolute atomic E-state index is 0.160. The Kier molecular flexibility index (Phi) is 3.97. The third-order valence-electron chi connectivity index (χ3n) is 5.77. The third kappa shape index (κ3) is 2.55. The number of anilines is 1. The number of nitrogens with zero attached hydrogens (tertiary/aromatic N) is 4. The molecule has 2 aromatic rings. The molecule has 1 saturated heterocycles. The summed E-state index contributed by atoms with van der Waals surface area (Å²) in [5, 5.41) is 3.15. The molecule has 0 radical (unpaired) electrons. The molecule has 26 heavy (non-hydrogen) atoms. The van der Waals surface area contributed by atoms with Gasteiger partial charge in [-0.05, 0) is 24.3 Å². The highest BCUT2D eigenvalue weighted by atomic mass is 32.2. The zero-order valence-electron chi connectivity index (χ0n) is 14.9. The van der Waals surface area contributed by atoms with Crippen molar-refractivity contribution >= 4 is 34.8 Å². The number of amides is 1. The minimum Gasteiger partial charge on any atom is -0.353 e. The van der Waals surface area contributed by atoms with Crippen LogP contribution in [0.25, 0.3) is 0 Å². The van der Waals surface area contributed by atoms with E-state index in [2.05, 4.69) is 21.8 Å². The van der Waals surface area contributed by atoms with Gasteiger partial charge in [-0.25, -0.2) is 9.97 Å². The second-order valence-corrected chi connectivity index (χ2v) is 9.70. The molecule has 5 nitrogen and oxygen atoms in total. The van der Waals surface area contributed by atoms with Crippen molar-refractivity contribution in [2.24, 2.45) is 0 Å². The van der Waals surface area contributed by atoms with E-state index >= 15 is 0 Å². The van der Waals surface area contributed by atoms with E-state index in [1.165, 1.54) is 41.2 Å². The fourth-order valence-electron chi connectivity index (χ4n) is 4.39. The van der Waals surface area contributed by atoms with Crippen molar-refractivity contribution in [1.82, 2.24) is 14.9 Å². The number of piperazine rings is 1. The van der Waals surface area contributed by atoms with E-state index in [9.17, 15) is 4.79 Å². The first-order chi connectivity index (χ1) is 12.7. The number of thiophene rings is 1. The van der Waals surface area contributed by atoms with Gasteiger partial charge in [0, 0.05) is 42.4 Å². The number of rotatable bonds is 4. The van der Waals surface area contributed by atoms with Gasteiger partial charge in [-0.15, -0.1) is 11.3 Å². The second-order valence-electron chi connectivity index (χ2n) is 7.35. The van der Waals surface area contributed by atoms with E-state index in [4.69, 9.17) is 0 Å². The van der Waals surface area contributed by atoms with E-state index in [1.807, 2.05) is 34.2 Å². The first kappa shape index (κ1) is 16.6. The van der Waals surface area contributed by atoms with Gasteiger partial charge in [-0.3, -0.25) is 4.79 Å². The highest BCUT2D eigenvalue weighted by Gasteiger charge is 2.62. The zero-order chi connectivity index (χ0) is 17.7. The first-order valence-corrected chi connectivity index (χ1v) is 11.0. The lowest BCUT2D eigenvalue weighted by Gasteiger charge is -2.36. The Labute approximate surface area is 161 Å². The van der Waals surface area contributed by atoms with Crippen LogP contribution in [-0.4, -0.2) is 51.7 Å². The van der Waals surface area contributed by atoms with Crippen LogP contribution in [0.4, 0.5) is 5.82 Å². The van der Waals surface area contributed by atoms with Gasteiger partial charge in [0.05, 0.1) is 4.88 Å². The van der Waals surface area contributed by atoms with E-state index in [-0.39, 0.29) is 5.91 Å². The van der Waals surface area contributed by atoms with Crippen LogP contribution in [0, 0.1) is 0 Å². The number of carbonyl (C=O) groups is 1. The average Bonchev–Trinajstić information content (AvgIpc) is 3.02. The molecular weight excluding hydrogens is 364 g/mol. The molecule has 2 atom stereocenters. The van der Waals surface area contributed by atoms with Crippen LogP contribution in [-0.2, 0) is 0 Å². The number of thioether (sulfide) groups is 1. The summed E-state index contributed by atoms with van der Waals surface area (Å²) >= 11 is 3.50. The van der Waals surface area contributed by atoms with Crippen LogP contribution in [0.15, 0.2) is 28.9 Å². The second kappa shape index (κ2) is 6.23. The lowest BCUT2D eigenvalue weighted by atomic mass is 10.1. The lowest BCUT2D eigenvalue weighted by molar-refractivity contribution is 0.0751. The van der Waals surface area contributed by atoms with Gasteiger partial charge in [-0.1, -0.05) is 31.2 Å². The predicted molar refractivity (Wildman–Crippen MR) is 105 cm³/mol. The number of aromatic nitrogens is 2. The molecule has 1 saturated carbocycles. The summed E-state index contributed by atoms with van der Waals surface area (Å²) < 4.78 is 0.402. The van der Waals surface area contributed by atoms with Crippen molar-refractivity contribution in [3.63, 3.8) is 0 Å². The van der Waals surface area contributed by atoms with Crippen LogP contribution in [0.5, 0.6) is 0 Å². The largest absolute Gasteiger partial charge is 0.353 e. The van der Waals surface area contributed by atoms with Crippen LogP contribution in [0.3, 0.4) is 0 Å². The highest BCUT2D eigenvalue weighted by Crippen LogP contribution is 2.72. The molecule has 5 rings (SSSR count). The summed E-state index contributed by atoms with van der Waals surface area (Å²) in [6.07, 6.45) is 5.48. The molecule has 2 aliphatic heterocycles. The molecule has 1 amide bonds. The van der Waals surface area contributed by atoms with Gasteiger partial charge in [0.25, 0.3) is 5.91 Å². The Hall–Kier alpha value is -1.60. The summed E-state index contributed by atoms with van der Waals surface area (Å²) in [7, 11) is 0. The standard InChI is InChI=1S/C19H22N4OS2/c1-2-5-19-11-13(19)15-16(20-12-21-17(15)26-19)22-6-8-23(9-7-22)18(24)14-4-3-10-25-14/h3-4,10,12-13H,2,5-9,11H2,1H3. The lowest BCUT2D eigenvalue weighted by Crippen LogP contribution is -2.49. The Balaban J connectivity index is 1.32. The van der Waals surface area contributed by atoms with Crippen molar-refractivity contribution in [2.75, 3.05) is 31.1 Å². The molecule has 2 fully saturated rings. The smallest absolute Gasteiger partial charge is 0.264 e. The zero-order valence-corrected chi connectivity index (χ0v) is 16.5. The first-order valence-electron chi connectivity index (χ1n) is 9.33. The fraction of sp³-hybridized carbons (Fsp3) is 0.526. The van der Waals surface area contributed by atoms with Gasteiger partial charge in [0.1, 0.15) is 17.2 Å². The highest BCUT2D eigenvalue weighted by molar-refractivity contribution is 8.01. The normalized spacial score (nSPS) is 26.6.